The number of carbonyl (C=O) groups excluding carboxylic acids is 1. The average Bonchev–Trinajstić information content (AvgIpc) is 2.45. The molecule has 0 aliphatic rings. The largest absolute Gasteiger partial charge is 0.507 e. The van der Waals surface area contributed by atoms with Crippen molar-refractivity contribution in [2.75, 3.05) is 7.11 Å². The molecule has 0 spiro atoms. The van der Waals surface area contributed by atoms with Crippen LogP contribution in [0.2, 0.25) is 0 Å². The molecule has 7 heteroatoms. The number of methoxy groups -OCH3 is 1. The molecule has 0 bridgehead atoms. The summed E-state index contributed by atoms with van der Waals surface area (Å²) in [5.74, 6) is -0.305. The van der Waals surface area contributed by atoms with Gasteiger partial charge in [0.15, 0.2) is 5.78 Å². The molecule has 2 rings (SSSR count). The van der Waals surface area contributed by atoms with Gasteiger partial charge in [-0.05, 0) is 36.4 Å². The molecule has 0 aliphatic carbocycles. The van der Waals surface area contributed by atoms with Crippen molar-refractivity contribution in [3.63, 3.8) is 0 Å². The molecule has 0 aliphatic heterocycles. The summed E-state index contributed by atoms with van der Waals surface area (Å²) in [6, 6.07) is 8.99. The highest BCUT2D eigenvalue weighted by Gasteiger charge is 2.16. The first kappa shape index (κ1) is 15.0. The van der Waals surface area contributed by atoms with Gasteiger partial charge in [-0.15, -0.1) is 0 Å². The van der Waals surface area contributed by atoms with Crippen LogP contribution in [0.5, 0.6) is 11.5 Å². The molecule has 2 aromatic carbocycles. The Balaban J connectivity index is 2.36. The molecule has 0 radical (unpaired) electrons. The Hall–Kier alpha value is -2.38. The molecule has 0 saturated carbocycles. The Morgan fingerprint density at radius 1 is 1.10 bits per heavy atom. The molecule has 0 saturated heterocycles. The van der Waals surface area contributed by atoms with Gasteiger partial charge in [0.05, 0.1) is 17.6 Å². The van der Waals surface area contributed by atoms with Crippen LogP contribution in [-0.4, -0.2) is 31.0 Å². The Morgan fingerprint density at radius 2 is 1.71 bits per heavy atom. The summed E-state index contributed by atoms with van der Waals surface area (Å²) < 4.78 is 35.6. The van der Waals surface area contributed by atoms with E-state index < -0.39 is 15.9 Å². The molecular formula is C14H12O6S. The zero-order valence-corrected chi connectivity index (χ0v) is 11.8. The number of hydrogen-bond donors (Lipinski definition) is 2. The fourth-order valence-corrected chi connectivity index (χ4v) is 2.24. The summed E-state index contributed by atoms with van der Waals surface area (Å²) in [6.07, 6.45) is 0. The standard InChI is InChI=1S/C14H12O6S/c1-20-10-4-7-12(13(15)8-10)14(16)9-2-5-11(6-3-9)21(17,18)19/h2-8,15H,1H3,(H,17,18,19). The number of rotatable bonds is 4. The average molecular weight is 308 g/mol. The number of carbonyl (C=O) groups is 1. The lowest BCUT2D eigenvalue weighted by molar-refractivity contribution is 0.103. The van der Waals surface area contributed by atoms with Crippen molar-refractivity contribution < 1.29 is 27.6 Å². The van der Waals surface area contributed by atoms with Gasteiger partial charge in [0.25, 0.3) is 10.1 Å². The predicted molar refractivity (Wildman–Crippen MR) is 74.3 cm³/mol. The van der Waals surface area contributed by atoms with E-state index in [1.807, 2.05) is 0 Å². The Kier molecular flexibility index (Phi) is 3.97. The quantitative estimate of drug-likeness (QED) is 0.660. The third-order valence-corrected chi connectivity index (χ3v) is 3.73. The van der Waals surface area contributed by atoms with E-state index in [-0.39, 0.29) is 21.8 Å². The normalized spacial score (nSPS) is 11.1. The van der Waals surface area contributed by atoms with Crippen molar-refractivity contribution in [1.29, 1.82) is 0 Å². The van der Waals surface area contributed by atoms with Crippen molar-refractivity contribution in [2.24, 2.45) is 0 Å². The van der Waals surface area contributed by atoms with E-state index in [0.717, 1.165) is 12.1 Å². The molecule has 0 aromatic heterocycles. The van der Waals surface area contributed by atoms with E-state index >= 15 is 0 Å². The number of phenolic OH excluding ortho intramolecular Hbond substituents is 1. The van der Waals surface area contributed by atoms with E-state index in [9.17, 15) is 18.3 Å². The van der Waals surface area contributed by atoms with Gasteiger partial charge in [0.2, 0.25) is 0 Å². The number of hydrogen-bond acceptors (Lipinski definition) is 5. The summed E-state index contributed by atoms with van der Waals surface area (Å²) >= 11 is 0. The number of ether oxygens (including phenoxy) is 1. The highest BCUT2D eigenvalue weighted by atomic mass is 32.2. The Morgan fingerprint density at radius 3 is 2.19 bits per heavy atom. The van der Waals surface area contributed by atoms with Crippen LogP contribution in [0.4, 0.5) is 0 Å². The number of phenols is 1. The van der Waals surface area contributed by atoms with Gasteiger partial charge in [-0.3, -0.25) is 9.35 Å². The van der Waals surface area contributed by atoms with E-state index in [4.69, 9.17) is 9.29 Å². The molecule has 0 unspecified atom stereocenters. The second-order valence-corrected chi connectivity index (χ2v) is 5.63. The fraction of sp³-hybridized carbons (Fsp3) is 0.0714. The third kappa shape index (κ3) is 3.21. The topological polar surface area (TPSA) is 101 Å². The zero-order chi connectivity index (χ0) is 15.6. The first-order valence-corrected chi connectivity index (χ1v) is 7.26. The monoisotopic (exact) mass is 308 g/mol. The second-order valence-electron chi connectivity index (χ2n) is 4.21. The maximum Gasteiger partial charge on any atom is 0.294 e. The molecular weight excluding hydrogens is 296 g/mol. The van der Waals surface area contributed by atoms with E-state index in [0.29, 0.717) is 5.75 Å². The molecule has 2 N–H and O–H groups in total. The van der Waals surface area contributed by atoms with E-state index in [1.54, 1.807) is 0 Å². The first-order valence-electron chi connectivity index (χ1n) is 5.82. The summed E-state index contributed by atoms with van der Waals surface area (Å²) in [5, 5.41) is 9.80. The Bertz CT molecular complexity index is 778. The van der Waals surface area contributed by atoms with Gasteiger partial charge in [0.1, 0.15) is 11.5 Å². The van der Waals surface area contributed by atoms with Crippen LogP contribution in [0.3, 0.4) is 0 Å². The van der Waals surface area contributed by atoms with E-state index in [1.165, 1.54) is 37.4 Å². The second kappa shape index (κ2) is 5.55. The van der Waals surface area contributed by atoms with Crippen molar-refractivity contribution >= 4 is 15.9 Å². The van der Waals surface area contributed by atoms with E-state index in [2.05, 4.69) is 0 Å². The minimum atomic E-state index is -4.30. The molecule has 6 nitrogen and oxygen atoms in total. The fourth-order valence-electron chi connectivity index (χ4n) is 1.76. The van der Waals surface area contributed by atoms with Crippen LogP contribution in [0, 0.1) is 0 Å². The van der Waals surface area contributed by atoms with Crippen LogP contribution in [0.25, 0.3) is 0 Å². The summed E-state index contributed by atoms with van der Waals surface area (Å²) in [4.78, 5) is 11.9. The van der Waals surface area contributed by atoms with Gasteiger partial charge in [-0.1, -0.05) is 0 Å². The van der Waals surface area contributed by atoms with Crippen LogP contribution >= 0.6 is 0 Å². The molecule has 21 heavy (non-hydrogen) atoms. The lowest BCUT2D eigenvalue weighted by atomic mass is 10.0. The van der Waals surface area contributed by atoms with Crippen molar-refractivity contribution in [3.8, 4) is 11.5 Å². The smallest absolute Gasteiger partial charge is 0.294 e. The number of benzene rings is 2. The molecule has 0 fully saturated rings. The molecule has 110 valence electrons. The van der Waals surface area contributed by atoms with Crippen molar-refractivity contribution in [1.82, 2.24) is 0 Å². The molecule has 0 atom stereocenters. The van der Waals surface area contributed by atoms with Crippen LogP contribution in [0.15, 0.2) is 47.4 Å². The summed E-state index contributed by atoms with van der Waals surface area (Å²) in [5.41, 5.74) is 0.248. The minimum absolute atomic E-state index is 0.0652. The van der Waals surface area contributed by atoms with Crippen LogP contribution in [-0.2, 0) is 10.1 Å². The minimum Gasteiger partial charge on any atom is -0.507 e. The summed E-state index contributed by atoms with van der Waals surface area (Å²) in [6.45, 7) is 0. The maximum atomic E-state index is 12.2. The van der Waals surface area contributed by atoms with Gasteiger partial charge >= 0.3 is 0 Å². The van der Waals surface area contributed by atoms with Gasteiger partial charge in [0, 0.05) is 11.6 Å². The summed E-state index contributed by atoms with van der Waals surface area (Å²) in [7, 11) is -2.87. The van der Waals surface area contributed by atoms with Crippen LogP contribution in [0.1, 0.15) is 15.9 Å². The van der Waals surface area contributed by atoms with Crippen LogP contribution < -0.4 is 4.74 Å². The molecule has 0 amide bonds. The highest BCUT2D eigenvalue weighted by Crippen LogP contribution is 2.26. The van der Waals surface area contributed by atoms with Crippen molar-refractivity contribution in [3.05, 3.63) is 53.6 Å². The number of aromatic hydroxyl groups is 1. The SMILES string of the molecule is COc1ccc(C(=O)c2ccc(S(=O)(=O)O)cc2)c(O)c1. The highest BCUT2D eigenvalue weighted by molar-refractivity contribution is 7.85. The molecule has 2 aromatic rings. The third-order valence-electron chi connectivity index (χ3n) is 2.86. The first-order chi connectivity index (χ1) is 9.82. The van der Waals surface area contributed by atoms with Gasteiger partial charge < -0.3 is 9.84 Å². The zero-order valence-electron chi connectivity index (χ0n) is 11.0. The predicted octanol–water partition coefficient (Wildman–Crippen LogP) is 1.88. The maximum absolute atomic E-state index is 12.2. The van der Waals surface area contributed by atoms with Gasteiger partial charge in [-0.25, -0.2) is 0 Å². The lowest BCUT2D eigenvalue weighted by Crippen LogP contribution is -2.03. The number of ketones is 1. The molecule has 0 heterocycles. The Labute approximate surface area is 121 Å². The van der Waals surface area contributed by atoms with Gasteiger partial charge in [-0.2, -0.15) is 8.42 Å². The lowest BCUT2D eigenvalue weighted by Gasteiger charge is -2.06. The van der Waals surface area contributed by atoms with Crippen molar-refractivity contribution in [2.45, 2.75) is 4.90 Å².